The van der Waals surface area contributed by atoms with E-state index in [1.165, 1.54) is 0 Å². The maximum Gasteiger partial charge on any atom is 0.141 e. The van der Waals surface area contributed by atoms with Crippen molar-refractivity contribution in [2.24, 2.45) is 0 Å². The molecule has 0 radical (unpaired) electrons. The monoisotopic (exact) mass is 147 g/mol. The van der Waals surface area contributed by atoms with Gasteiger partial charge in [0.1, 0.15) is 11.8 Å². The molecule has 0 saturated heterocycles. The van der Waals surface area contributed by atoms with Crippen molar-refractivity contribution in [3.8, 4) is 6.07 Å². The zero-order chi connectivity index (χ0) is 8.43. The summed E-state index contributed by atoms with van der Waals surface area (Å²) in [4.78, 5) is 3.97. The zero-order valence-corrected chi connectivity index (χ0v) is 6.55. The molecule has 0 saturated carbocycles. The minimum Gasteiger partial charge on any atom is -0.397 e. The summed E-state index contributed by atoms with van der Waals surface area (Å²) in [5, 5.41) is 8.52. The number of nitrogen functional groups attached to an aromatic ring is 1. The van der Waals surface area contributed by atoms with Gasteiger partial charge < -0.3 is 5.73 Å². The van der Waals surface area contributed by atoms with Gasteiger partial charge in [0.2, 0.25) is 0 Å². The van der Waals surface area contributed by atoms with Crippen molar-refractivity contribution in [2.75, 3.05) is 5.73 Å². The highest BCUT2D eigenvalue weighted by atomic mass is 14.8. The van der Waals surface area contributed by atoms with Crippen molar-refractivity contribution in [2.45, 2.75) is 13.8 Å². The summed E-state index contributed by atoms with van der Waals surface area (Å²) in [5.74, 6) is 0. The minimum absolute atomic E-state index is 0.425. The first kappa shape index (κ1) is 7.55. The zero-order valence-electron chi connectivity index (χ0n) is 6.55. The third-order valence-electron chi connectivity index (χ3n) is 1.57. The fourth-order valence-corrected chi connectivity index (χ4v) is 0.899. The molecule has 0 spiro atoms. The second-order valence-electron chi connectivity index (χ2n) is 2.44. The fraction of sp³-hybridized carbons (Fsp3) is 0.250. The van der Waals surface area contributed by atoms with E-state index in [1.807, 2.05) is 13.0 Å². The molecule has 0 amide bonds. The Labute approximate surface area is 65.5 Å². The Hall–Kier alpha value is -1.56. The van der Waals surface area contributed by atoms with Gasteiger partial charge in [-0.15, -0.1) is 0 Å². The van der Waals surface area contributed by atoms with Crippen LogP contribution in [-0.4, -0.2) is 4.98 Å². The maximum atomic E-state index is 8.52. The lowest BCUT2D eigenvalue weighted by Gasteiger charge is -2.02. The first-order chi connectivity index (χ1) is 5.15. The smallest absolute Gasteiger partial charge is 0.141 e. The standard InChI is InChI=1S/C8H9N3/c1-5-3-7(4-9)11-6(2)8(5)10/h3H,10H2,1-2H3. The summed E-state index contributed by atoms with van der Waals surface area (Å²) in [6.07, 6.45) is 0. The highest BCUT2D eigenvalue weighted by Crippen LogP contribution is 2.14. The predicted octanol–water partition coefficient (Wildman–Crippen LogP) is 1.15. The Morgan fingerprint density at radius 3 is 2.64 bits per heavy atom. The molecule has 0 aliphatic heterocycles. The van der Waals surface area contributed by atoms with Crippen LogP contribution in [0.4, 0.5) is 5.69 Å². The van der Waals surface area contributed by atoms with Crippen molar-refractivity contribution < 1.29 is 0 Å². The molecule has 1 aromatic rings. The van der Waals surface area contributed by atoms with Gasteiger partial charge in [0.05, 0.1) is 11.4 Å². The summed E-state index contributed by atoms with van der Waals surface area (Å²) < 4.78 is 0. The van der Waals surface area contributed by atoms with Crippen LogP contribution in [0.3, 0.4) is 0 Å². The van der Waals surface area contributed by atoms with E-state index in [0.29, 0.717) is 11.4 Å². The van der Waals surface area contributed by atoms with E-state index in [0.717, 1.165) is 11.3 Å². The first-order valence-electron chi connectivity index (χ1n) is 3.29. The lowest BCUT2D eigenvalue weighted by molar-refractivity contribution is 1.15. The molecule has 1 rings (SSSR count). The lowest BCUT2D eigenvalue weighted by Crippen LogP contribution is -1.98. The van der Waals surface area contributed by atoms with Gasteiger partial charge in [0.15, 0.2) is 0 Å². The summed E-state index contributed by atoms with van der Waals surface area (Å²) >= 11 is 0. The Balaban J connectivity index is 3.35. The molecule has 1 heterocycles. The second kappa shape index (κ2) is 2.59. The topological polar surface area (TPSA) is 62.7 Å². The Morgan fingerprint density at radius 2 is 2.18 bits per heavy atom. The van der Waals surface area contributed by atoms with E-state index >= 15 is 0 Å². The normalized spacial score (nSPS) is 9.18. The molecule has 56 valence electrons. The number of nitrogens with zero attached hydrogens (tertiary/aromatic N) is 2. The van der Waals surface area contributed by atoms with Crippen molar-refractivity contribution in [1.82, 2.24) is 4.98 Å². The van der Waals surface area contributed by atoms with Crippen LogP contribution in [0.5, 0.6) is 0 Å². The quantitative estimate of drug-likeness (QED) is 0.598. The number of nitriles is 1. The lowest BCUT2D eigenvalue weighted by atomic mass is 10.2. The summed E-state index contributed by atoms with van der Waals surface area (Å²) in [7, 11) is 0. The average molecular weight is 147 g/mol. The molecule has 3 heteroatoms. The third-order valence-corrected chi connectivity index (χ3v) is 1.57. The van der Waals surface area contributed by atoms with Crippen molar-refractivity contribution in [3.05, 3.63) is 23.0 Å². The summed E-state index contributed by atoms with van der Waals surface area (Å²) in [6.45, 7) is 3.66. The molecule has 0 aliphatic rings. The maximum absolute atomic E-state index is 8.52. The van der Waals surface area contributed by atoms with E-state index in [-0.39, 0.29) is 0 Å². The Bertz CT molecular complexity index is 300. The summed E-state index contributed by atoms with van der Waals surface area (Å²) in [5.41, 5.74) is 8.36. The number of hydrogen-bond donors (Lipinski definition) is 1. The second-order valence-corrected chi connectivity index (χ2v) is 2.44. The first-order valence-corrected chi connectivity index (χ1v) is 3.29. The van der Waals surface area contributed by atoms with Gasteiger partial charge in [-0.25, -0.2) is 4.98 Å². The van der Waals surface area contributed by atoms with Gasteiger partial charge in [-0.05, 0) is 25.5 Å². The average Bonchev–Trinajstić information content (AvgIpc) is 1.99. The number of aryl methyl sites for hydroxylation is 2. The fourth-order valence-electron chi connectivity index (χ4n) is 0.899. The molecule has 1 aromatic heterocycles. The van der Waals surface area contributed by atoms with E-state index in [4.69, 9.17) is 11.0 Å². The van der Waals surface area contributed by atoms with Crippen LogP contribution in [0.2, 0.25) is 0 Å². The third kappa shape index (κ3) is 1.30. The van der Waals surface area contributed by atoms with Crippen LogP contribution in [0.25, 0.3) is 0 Å². The molecule has 0 aliphatic carbocycles. The van der Waals surface area contributed by atoms with E-state index in [9.17, 15) is 0 Å². The SMILES string of the molecule is Cc1cc(C#N)nc(C)c1N. The molecule has 11 heavy (non-hydrogen) atoms. The molecular weight excluding hydrogens is 138 g/mol. The van der Waals surface area contributed by atoms with Gasteiger partial charge in [0, 0.05) is 0 Å². The number of hydrogen-bond acceptors (Lipinski definition) is 3. The van der Waals surface area contributed by atoms with Crippen LogP contribution >= 0.6 is 0 Å². The molecule has 0 atom stereocenters. The van der Waals surface area contributed by atoms with Crippen LogP contribution in [0.1, 0.15) is 17.0 Å². The van der Waals surface area contributed by atoms with Gasteiger partial charge in [-0.3, -0.25) is 0 Å². The molecule has 2 N–H and O–H groups in total. The van der Waals surface area contributed by atoms with Gasteiger partial charge in [0.25, 0.3) is 0 Å². The predicted molar refractivity (Wildman–Crippen MR) is 42.8 cm³/mol. The molecule has 0 fully saturated rings. The van der Waals surface area contributed by atoms with Crippen molar-refractivity contribution >= 4 is 5.69 Å². The van der Waals surface area contributed by atoms with E-state index in [2.05, 4.69) is 4.98 Å². The van der Waals surface area contributed by atoms with Crippen LogP contribution < -0.4 is 5.73 Å². The molecule has 3 nitrogen and oxygen atoms in total. The minimum atomic E-state index is 0.425. The molecular formula is C8H9N3. The van der Waals surface area contributed by atoms with Crippen LogP contribution in [0, 0.1) is 25.2 Å². The molecule has 0 bridgehead atoms. The highest BCUT2D eigenvalue weighted by molar-refractivity contribution is 5.51. The van der Waals surface area contributed by atoms with E-state index in [1.54, 1.807) is 13.0 Å². The molecule has 0 unspecified atom stereocenters. The van der Waals surface area contributed by atoms with Crippen LogP contribution in [-0.2, 0) is 0 Å². The number of nitrogens with two attached hydrogens (primary N) is 1. The van der Waals surface area contributed by atoms with Gasteiger partial charge in [-0.2, -0.15) is 5.26 Å². The van der Waals surface area contributed by atoms with Crippen LogP contribution in [0.15, 0.2) is 6.07 Å². The number of pyridine rings is 1. The van der Waals surface area contributed by atoms with Gasteiger partial charge >= 0.3 is 0 Å². The van der Waals surface area contributed by atoms with E-state index < -0.39 is 0 Å². The largest absolute Gasteiger partial charge is 0.397 e. The number of aromatic nitrogens is 1. The Kier molecular flexibility index (Phi) is 1.77. The van der Waals surface area contributed by atoms with Crippen molar-refractivity contribution in [1.29, 1.82) is 5.26 Å². The number of rotatable bonds is 0. The number of anilines is 1. The Morgan fingerprint density at radius 1 is 1.55 bits per heavy atom. The highest BCUT2D eigenvalue weighted by Gasteiger charge is 2.01. The van der Waals surface area contributed by atoms with Crippen molar-refractivity contribution in [3.63, 3.8) is 0 Å². The molecule has 0 aromatic carbocycles. The van der Waals surface area contributed by atoms with Gasteiger partial charge in [-0.1, -0.05) is 0 Å². The summed E-state index contributed by atoms with van der Waals surface area (Å²) in [6, 6.07) is 3.65.